The predicted molar refractivity (Wildman–Crippen MR) is 119 cm³/mol. The van der Waals surface area contributed by atoms with E-state index in [-0.39, 0.29) is 29.7 Å². The zero-order chi connectivity index (χ0) is 21.0. The first-order valence-corrected chi connectivity index (χ1v) is 11.8. The molecule has 0 aromatic carbocycles. The van der Waals surface area contributed by atoms with Crippen molar-refractivity contribution in [2.45, 2.75) is 31.7 Å². The maximum absolute atomic E-state index is 13.0. The van der Waals surface area contributed by atoms with Crippen molar-refractivity contribution < 1.29 is 14.7 Å². The van der Waals surface area contributed by atoms with Crippen LogP contribution in [0.15, 0.2) is 30.4 Å². The molecule has 0 aliphatic heterocycles. The molecule has 1 amide bonds. The van der Waals surface area contributed by atoms with Gasteiger partial charge in [-0.1, -0.05) is 60.3 Å². The summed E-state index contributed by atoms with van der Waals surface area (Å²) in [4.78, 5) is 28.3. The molecule has 2 saturated carbocycles. The molecule has 3 aliphatic rings. The van der Waals surface area contributed by atoms with E-state index < -0.39 is 11.9 Å². The Kier molecular flexibility index (Phi) is 5.20. The maximum atomic E-state index is 13.0. The predicted octanol–water partition coefficient (Wildman–Crippen LogP) is 5.51. The SMILES string of the molecule is O=C(N[C@@H]1CC2C=CC=CC2[C@H]1C(CC1CC1)C(=O)O)c1cc2sc(Cl)c(Cl)c2[nH]1. The highest BCUT2D eigenvalue weighted by Gasteiger charge is 2.49. The standard InChI is InChI=1S/C22H22Cl2N2O3S/c23-18-19-16(30-20(18)24)9-15(25-19)21(27)26-14-8-11-3-1-2-4-12(11)17(14)13(22(28)29)7-10-5-6-10/h1-4,9-14,17,25H,5-8H2,(H,26,27)(H,28,29)/t11?,12?,13?,14-,17+/m1/s1. The number of thiophene rings is 1. The van der Waals surface area contributed by atoms with Crippen molar-refractivity contribution in [3.63, 3.8) is 0 Å². The zero-order valence-corrected chi connectivity index (χ0v) is 18.4. The first kappa shape index (κ1) is 20.2. The number of H-pyrrole nitrogens is 1. The first-order valence-electron chi connectivity index (χ1n) is 10.3. The van der Waals surface area contributed by atoms with Crippen LogP contribution in [-0.2, 0) is 4.79 Å². The molecular formula is C22H22Cl2N2O3S. The van der Waals surface area contributed by atoms with E-state index in [9.17, 15) is 14.7 Å². The van der Waals surface area contributed by atoms with E-state index in [1.165, 1.54) is 11.3 Å². The quantitative estimate of drug-likeness (QED) is 0.526. The van der Waals surface area contributed by atoms with Crippen molar-refractivity contribution in [2.75, 3.05) is 0 Å². The van der Waals surface area contributed by atoms with Crippen LogP contribution < -0.4 is 5.32 Å². The Balaban J connectivity index is 1.41. The minimum absolute atomic E-state index is 0.118. The summed E-state index contributed by atoms with van der Waals surface area (Å²) in [6.45, 7) is 0. The molecule has 0 saturated heterocycles. The van der Waals surface area contributed by atoms with Gasteiger partial charge in [-0.3, -0.25) is 9.59 Å². The van der Waals surface area contributed by atoms with Crippen LogP contribution in [0.25, 0.3) is 10.2 Å². The Morgan fingerprint density at radius 2 is 2.03 bits per heavy atom. The van der Waals surface area contributed by atoms with Crippen molar-refractivity contribution in [1.29, 1.82) is 0 Å². The lowest BCUT2D eigenvalue weighted by Crippen LogP contribution is -2.43. The third kappa shape index (κ3) is 3.59. The molecule has 8 heteroatoms. The second-order valence-electron chi connectivity index (χ2n) is 8.64. The monoisotopic (exact) mass is 464 g/mol. The molecule has 5 rings (SSSR count). The van der Waals surface area contributed by atoms with E-state index >= 15 is 0 Å². The molecule has 3 unspecified atom stereocenters. The van der Waals surface area contributed by atoms with Gasteiger partial charge in [-0.25, -0.2) is 0 Å². The van der Waals surface area contributed by atoms with Gasteiger partial charge in [-0.15, -0.1) is 11.3 Å². The normalized spacial score (nSPS) is 28.6. The van der Waals surface area contributed by atoms with Crippen molar-refractivity contribution in [2.24, 2.45) is 29.6 Å². The summed E-state index contributed by atoms with van der Waals surface area (Å²) in [5.41, 5.74) is 1.08. The maximum Gasteiger partial charge on any atom is 0.306 e. The summed E-state index contributed by atoms with van der Waals surface area (Å²) in [5.74, 6) is -0.653. The van der Waals surface area contributed by atoms with E-state index in [0.29, 0.717) is 32.9 Å². The molecule has 0 spiro atoms. The summed E-state index contributed by atoms with van der Waals surface area (Å²) >= 11 is 13.6. The smallest absolute Gasteiger partial charge is 0.306 e. The molecule has 3 aliphatic carbocycles. The fraction of sp³-hybridized carbons (Fsp3) is 0.455. The van der Waals surface area contributed by atoms with Crippen LogP contribution in [0.4, 0.5) is 0 Å². The van der Waals surface area contributed by atoms with Crippen LogP contribution in [-0.4, -0.2) is 28.0 Å². The van der Waals surface area contributed by atoms with Crippen LogP contribution in [0.2, 0.25) is 9.36 Å². The molecule has 3 N–H and O–H groups in total. The Bertz CT molecular complexity index is 1070. The van der Waals surface area contributed by atoms with Crippen LogP contribution in [0.5, 0.6) is 0 Å². The molecule has 0 radical (unpaired) electrons. The second kappa shape index (κ2) is 7.74. The van der Waals surface area contributed by atoms with Crippen LogP contribution in [0.3, 0.4) is 0 Å². The van der Waals surface area contributed by atoms with E-state index in [0.717, 1.165) is 24.0 Å². The summed E-state index contributed by atoms with van der Waals surface area (Å²) in [6.07, 6.45) is 11.9. The molecule has 2 fully saturated rings. The topological polar surface area (TPSA) is 82.2 Å². The number of nitrogens with one attached hydrogen (secondary N) is 2. The number of carboxylic acids is 1. The highest BCUT2D eigenvalue weighted by Crippen LogP contribution is 2.48. The molecule has 2 aromatic rings. The number of carbonyl (C=O) groups is 2. The van der Waals surface area contributed by atoms with Crippen LogP contribution in [0, 0.1) is 29.6 Å². The number of carboxylic acid groups (broad SMARTS) is 1. The summed E-state index contributed by atoms with van der Waals surface area (Å²) in [7, 11) is 0. The Morgan fingerprint density at radius 3 is 2.73 bits per heavy atom. The minimum Gasteiger partial charge on any atom is -0.481 e. The largest absolute Gasteiger partial charge is 0.481 e. The summed E-state index contributed by atoms with van der Waals surface area (Å²) in [5, 5.41) is 13.6. The van der Waals surface area contributed by atoms with E-state index in [2.05, 4.69) is 22.5 Å². The van der Waals surface area contributed by atoms with Gasteiger partial charge < -0.3 is 15.4 Å². The van der Waals surface area contributed by atoms with Gasteiger partial charge in [-0.05, 0) is 42.6 Å². The number of hydrogen-bond acceptors (Lipinski definition) is 3. The number of allylic oxidation sites excluding steroid dienone is 4. The molecule has 5 atom stereocenters. The number of fused-ring (bicyclic) bond motifs is 2. The lowest BCUT2D eigenvalue weighted by Gasteiger charge is -2.31. The Morgan fingerprint density at radius 1 is 1.27 bits per heavy atom. The molecular weight excluding hydrogens is 443 g/mol. The zero-order valence-electron chi connectivity index (χ0n) is 16.1. The van der Waals surface area contributed by atoms with Gasteiger partial charge in [0.05, 0.1) is 21.2 Å². The van der Waals surface area contributed by atoms with E-state index in [4.69, 9.17) is 23.2 Å². The number of hydrogen-bond donors (Lipinski definition) is 3. The number of amides is 1. The summed E-state index contributed by atoms with van der Waals surface area (Å²) in [6, 6.07) is 1.56. The van der Waals surface area contributed by atoms with Gasteiger partial charge in [0.25, 0.3) is 5.91 Å². The van der Waals surface area contributed by atoms with Crippen LogP contribution in [0.1, 0.15) is 36.2 Å². The van der Waals surface area contributed by atoms with Gasteiger partial charge in [0.1, 0.15) is 10.0 Å². The Labute approximate surface area is 188 Å². The molecule has 2 aromatic heterocycles. The number of aromatic nitrogens is 1. The van der Waals surface area contributed by atoms with Gasteiger partial charge in [0, 0.05) is 6.04 Å². The molecule has 0 bridgehead atoms. The van der Waals surface area contributed by atoms with Crippen LogP contribution >= 0.6 is 34.5 Å². The lowest BCUT2D eigenvalue weighted by atomic mass is 9.76. The number of aliphatic carboxylic acids is 1. The number of rotatable bonds is 6. The third-order valence-corrected chi connectivity index (χ3v) is 8.66. The second-order valence-corrected chi connectivity index (χ2v) is 10.7. The molecule has 5 nitrogen and oxygen atoms in total. The van der Waals surface area contributed by atoms with Crippen molar-refractivity contribution in [1.82, 2.24) is 10.3 Å². The van der Waals surface area contributed by atoms with E-state index in [1.54, 1.807) is 6.07 Å². The molecule has 30 heavy (non-hydrogen) atoms. The average Bonchev–Trinajstić information content (AvgIpc) is 3.24. The van der Waals surface area contributed by atoms with Gasteiger partial charge >= 0.3 is 5.97 Å². The Hall–Kier alpha value is -1.76. The first-order chi connectivity index (χ1) is 14.4. The minimum atomic E-state index is -0.753. The summed E-state index contributed by atoms with van der Waals surface area (Å²) < 4.78 is 1.32. The van der Waals surface area contributed by atoms with E-state index in [1.807, 2.05) is 12.2 Å². The number of carbonyl (C=O) groups excluding carboxylic acids is 1. The highest BCUT2D eigenvalue weighted by atomic mass is 35.5. The number of halogens is 2. The van der Waals surface area contributed by atoms with Crippen molar-refractivity contribution >= 4 is 56.6 Å². The van der Waals surface area contributed by atoms with Gasteiger partial charge in [-0.2, -0.15) is 0 Å². The fourth-order valence-electron chi connectivity index (χ4n) is 5.16. The third-order valence-electron chi connectivity index (χ3n) is 6.73. The van der Waals surface area contributed by atoms with Gasteiger partial charge in [0.2, 0.25) is 0 Å². The highest BCUT2D eigenvalue weighted by molar-refractivity contribution is 7.23. The molecule has 2 heterocycles. The van der Waals surface area contributed by atoms with Crippen molar-refractivity contribution in [3.05, 3.63) is 45.4 Å². The fourth-order valence-corrected chi connectivity index (χ4v) is 6.65. The average molecular weight is 465 g/mol. The molecule has 158 valence electrons. The number of aromatic amines is 1. The lowest BCUT2D eigenvalue weighted by molar-refractivity contribution is -0.145. The van der Waals surface area contributed by atoms with Gasteiger partial charge in [0.15, 0.2) is 0 Å². The van der Waals surface area contributed by atoms with Crippen molar-refractivity contribution in [3.8, 4) is 0 Å².